The zero-order valence-corrected chi connectivity index (χ0v) is 13.4. The maximum Gasteiger partial charge on any atom is 0.287 e. The maximum atomic E-state index is 12.0. The smallest absolute Gasteiger partial charge is 0.287 e. The molecule has 0 atom stereocenters. The summed E-state index contributed by atoms with van der Waals surface area (Å²) in [6, 6.07) is 17.1. The summed E-state index contributed by atoms with van der Waals surface area (Å²) in [5.41, 5.74) is 2.64. The van der Waals surface area contributed by atoms with Crippen LogP contribution in [0.25, 0.3) is 22.6 Å². The first-order valence-corrected chi connectivity index (χ1v) is 8.01. The van der Waals surface area contributed by atoms with Crippen molar-refractivity contribution >= 4 is 17.1 Å². The summed E-state index contributed by atoms with van der Waals surface area (Å²) in [5.74, 6) is 0.905. The summed E-state index contributed by atoms with van der Waals surface area (Å²) in [6.45, 7) is 1.01. The first kappa shape index (κ1) is 15.1. The van der Waals surface area contributed by atoms with Crippen molar-refractivity contribution < 1.29 is 9.21 Å². The molecule has 6 nitrogen and oxygen atoms in total. The van der Waals surface area contributed by atoms with E-state index in [0.29, 0.717) is 18.8 Å². The summed E-state index contributed by atoms with van der Waals surface area (Å²) in [6.07, 6.45) is 3.23. The number of carbonyl (C=O) groups is 1. The standard InChI is InChI=1S/C19H16N4O2/c24-19(16-9-5-13-25-16)21-11-12-23-17(14-6-2-1-3-7-14)22-15-8-4-10-20-18(15)23/h1-10,13H,11-12H2,(H,21,24). The normalized spacial score (nSPS) is 10.9. The topological polar surface area (TPSA) is 73.0 Å². The van der Waals surface area contributed by atoms with Gasteiger partial charge in [-0.3, -0.25) is 4.79 Å². The summed E-state index contributed by atoms with van der Waals surface area (Å²) in [7, 11) is 0. The van der Waals surface area contributed by atoms with Gasteiger partial charge in [0, 0.05) is 24.8 Å². The molecule has 0 bridgehead atoms. The minimum Gasteiger partial charge on any atom is -0.459 e. The van der Waals surface area contributed by atoms with Crippen molar-refractivity contribution in [1.29, 1.82) is 0 Å². The fourth-order valence-corrected chi connectivity index (χ4v) is 2.75. The van der Waals surface area contributed by atoms with Crippen molar-refractivity contribution in [2.45, 2.75) is 6.54 Å². The van der Waals surface area contributed by atoms with Gasteiger partial charge in [0.25, 0.3) is 5.91 Å². The number of nitrogens with one attached hydrogen (secondary N) is 1. The van der Waals surface area contributed by atoms with Gasteiger partial charge in [-0.25, -0.2) is 9.97 Å². The molecule has 1 amide bonds. The maximum absolute atomic E-state index is 12.0. The fraction of sp³-hybridized carbons (Fsp3) is 0.105. The van der Waals surface area contributed by atoms with Gasteiger partial charge < -0.3 is 14.3 Å². The summed E-state index contributed by atoms with van der Waals surface area (Å²) < 4.78 is 7.12. The molecular weight excluding hydrogens is 316 g/mol. The molecule has 4 rings (SSSR count). The van der Waals surface area contributed by atoms with Crippen LogP contribution in [0.2, 0.25) is 0 Å². The SMILES string of the molecule is O=C(NCCn1c(-c2ccccc2)nc2cccnc21)c1ccco1. The van der Waals surface area contributed by atoms with Crippen LogP contribution in [-0.2, 0) is 6.54 Å². The first-order chi connectivity index (χ1) is 12.3. The molecule has 3 aromatic heterocycles. The van der Waals surface area contributed by atoms with Gasteiger partial charge in [-0.2, -0.15) is 0 Å². The second-order valence-electron chi connectivity index (χ2n) is 5.53. The van der Waals surface area contributed by atoms with E-state index in [1.165, 1.54) is 6.26 Å². The number of nitrogens with zero attached hydrogens (tertiary/aromatic N) is 3. The van der Waals surface area contributed by atoms with Crippen LogP contribution >= 0.6 is 0 Å². The van der Waals surface area contributed by atoms with Gasteiger partial charge in [0.2, 0.25) is 0 Å². The number of aromatic nitrogens is 3. The van der Waals surface area contributed by atoms with E-state index in [1.807, 2.05) is 47.0 Å². The van der Waals surface area contributed by atoms with Crippen LogP contribution in [0.4, 0.5) is 0 Å². The predicted octanol–water partition coefficient (Wildman–Crippen LogP) is 3.12. The molecule has 0 aliphatic carbocycles. The third kappa shape index (κ3) is 3.01. The average molecular weight is 332 g/mol. The average Bonchev–Trinajstić information content (AvgIpc) is 3.31. The summed E-state index contributed by atoms with van der Waals surface area (Å²) >= 11 is 0. The zero-order chi connectivity index (χ0) is 17.1. The molecule has 4 aromatic rings. The highest BCUT2D eigenvalue weighted by atomic mass is 16.3. The lowest BCUT2D eigenvalue weighted by Gasteiger charge is -2.09. The highest BCUT2D eigenvalue weighted by Crippen LogP contribution is 2.23. The molecule has 1 aromatic carbocycles. The van der Waals surface area contributed by atoms with Crippen LogP contribution in [-0.4, -0.2) is 27.0 Å². The number of rotatable bonds is 5. The molecule has 124 valence electrons. The van der Waals surface area contributed by atoms with E-state index in [2.05, 4.69) is 10.3 Å². The van der Waals surface area contributed by atoms with Crippen molar-refractivity contribution in [3.05, 3.63) is 72.8 Å². The lowest BCUT2D eigenvalue weighted by Crippen LogP contribution is -2.27. The van der Waals surface area contributed by atoms with Crippen LogP contribution in [0.5, 0.6) is 0 Å². The van der Waals surface area contributed by atoms with Crippen molar-refractivity contribution in [2.24, 2.45) is 0 Å². The van der Waals surface area contributed by atoms with E-state index in [9.17, 15) is 4.79 Å². The Kier molecular flexibility index (Phi) is 4.00. The molecule has 0 saturated heterocycles. The second-order valence-corrected chi connectivity index (χ2v) is 5.53. The molecule has 6 heteroatoms. The molecular formula is C19H16N4O2. The quantitative estimate of drug-likeness (QED) is 0.609. The Labute approximate surface area is 144 Å². The lowest BCUT2D eigenvalue weighted by molar-refractivity contribution is 0.0924. The van der Waals surface area contributed by atoms with Crippen LogP contribution in [0.3, 0.4) is 0 Å². The van der Waals surface area contributed by atoms with Gasteiger partial charge in [-0.05, 0) is 24.3 Å². The van der Waals surface area contributed by atoms with Crippen molar-refractivity contribution in [3.63, 3.8) is 0 Å². The number of fused-ring (bicyclic) bond motifs is 1. The predicted molar refractivity (Wildman–Crippen MR) is 94.0 cm³/mol. The Morgan fingerprint density at radius 2 is 1.96 bits per heavy atom. The first-order valence-electron chi connectivity index (χ1n) is 8.01. The minimum absolute atomic E-state index is 0.233. The molecule has 3 heterocycles. The Hall–Kier alpha value is -3.41. The van der Waals surface area contributed by atoms with Gasteiger partial charge in [0.05, 0.1) is 6.26 Å². The van der Waals surface area contributed by atoms with E-state index < -0.39 is 0 Å². The number of amides is 1. The Morgan fingerprint density at radius 1 is 1.08 bits per heavy atom. The largest absolute Gasteiger partial charge is 0.459 e. The molecule has 25 heavy (non-hydrogen) atoms. The molecule has 0 spiro atoms. The fourth-order valence-electron chi connectivity index (χ4n) is 2.75. The van der Waals surface area contributed by atoms with Gasteiger partial charge in [-0.15, -0.1) is 0 Å². The molecule has 0 unspecified atom stereocenters. The van der Waals surface area contributed by atoms with Gasteiger partial charge in [-0.1, -0.05) is 30.3 Å². The second kappa shape index (κ2) is 6.60. The summed E-state index contributed by atoms with van der Waals surface area (Å²) in [5, 5.41) is 2.86. The van der Waals surface area contributed by atoms with Crippen LogP contribution in [0, 0.1) is 0 Å². The molecule has 0 saturated carbocycles. The van der Waals surface area contributed by atoms with E-state index in [-0.39, 0.29) is 5.91 Å². The van der Waals surface area contributed by atoms with Crippen molar-refractivity contribution in [2.75, 3.05) is 6.54 Å². The highest BCUT2D eigenvalue weighted by Gasteiger charge is 2.14. The van der Waals surface area contributed by atoms with E-state index in [4.69, 9.17) is 9.40 Å². The molecule has 0 fully saturated rings. The van der Waals surface area contributed by atoms with E-state index >= 15 is 0 Å². The molecule has 1 N–H and O–H groups in total. The Morgan fingerprint density at radius 3 is 2.76 bits per heavy atom. The monoisotopic (exact) mass is 332 g/mol. The zero-order valence-electron chi connectivity index (χ0n) is 13.4. The van der Waals surface area contributed by atoms with Gasteiger partial charge in [0.15, 0.2) is 11.4 Å². The molecule has 0 aliphatic rings. The van der Waals surface area contributed by atoms with Crippen LogP contribution in [0.15, 0.2) is 71.5 Å². The van der Waals surface area contributed by atoms with E-state index in [1.54, 1.807) is 18.3 Å². The number of benzene rings is 1. The van der Waals surface area contributed by atoms with Crippen LogP contribution in [0.1, 0.15) is 10.6 Å². The minimum atomic E-state index is -0.233. The van der Waals surface area contributed by atoms with Crippen LogP contribution < -0.4 is 5.32 Å². The lowest BCUT2D eigenvalue weighted by atomic mass is 10.2. The Bertz CT molecular complexity index is 991. The number of hydrogen-bond acceptors (Lipinski definition) is 4. The number of pyridine rings is 1. The Balaban J connectivity index is 1.60. The molecule has 0 radical (unpaired) electrons. The number of imidazole rings is 1. The van der Waals surface area contributed by atoms with E-state index in [0.717, 1.165) is 22.6 Å². The van der Waals surface area contributed by atoms with Gasteiger partial charge in [0.1, 0.15) is 11.3 Å². The third-order valence-electron chi connectivity index (χ3n) is 3.90. The number of carbonyl (C=O) groups excluding carboxylic acids is 1. The molecule has 0 aliphatic heterocycles. The van der Waals surface area contributed by atoms with Gasteiger partial charge >= 0.3 is 0 Å². The highest BCUT2D eigenvalue weighted by molar-refractivity contribution is 5.91. The summed E-state index contributed by atoms with van der Waals surface area (Å²) in [4.78, 5) is 21.2. The third-order valence-corrected chi connectivity index (χ3v) is 3.90. The van der Waals surface area contributed by atoms with Crippen molar-refractivity contribution in [1.82, 2.24) is 19.9 Å². The number of furan rings is 1. The number of hydrogen-bond donors (Lipinski definition) is 1. The van der Waals surface area contributed by atoms with Crippen molar-refractivity contribution in [3.8, 4) is 11.4 Å².